The zero-order valence-corrected chi connectivity index (χ0v) is 5.89. The minimum Gasteiger partial charge on any atom is -0.465 e. The molecule has 53 valence electrons. The van der Waals surface area contributed by atoms with Crippen molar-refractivity contribution in [3.05, 3.63) is 0 Å². The highest BCUT2D eigenvalue weighted by Gasteiger charge is 1.97. The van der Waals surface area contributed by atoms with Crippen LogP contribution in [0.15, 0.2) is 0 Å². The maximum atomic E-state index is 10.5. The molecule has 0 fully saturated rings. The summed E-state index contributed by atoms with van der Waals surface area (Å²) in [6.45, 7) is 2.64. The molecule has 0 aliphatic rings. The SMILES string of the molecule is CCCOC(=O)C[N]C. The second-order valence-electron chi connectivity index (χ2n) is 1.69. The van der Waals surface area contributed by atoms with Gasteiger partial charge in [-0.1, -0.05) is 6.92 Å². The summed E-state index contributed by atoms with van der Waals surface area (Å²) >= 11 is 0. The maximum Gasteiger partial charge on any atom is 0.321 e. The molecule has 0 aromatic rings. The number of rotatable bonds is 4. The zero-order chi connectivity index (χ0) is 7.11. The van der Waals surface area contributed by atoms with Crippen molar-refractivity contribution < 1.29 is 9.53 Å². The van der Waals surface area contributed by atoms with Gasteiger partial charge in [-0.2, -0.15) is 0 Å². The molecular weight excluding hydrogens is 118 g/mol. The van der Waals surface area contributed by atoms with Gasteiger partial charge in [0.05, 0.1) is 6.61 Å². The Hall–Kier alpha value is -0.570. The second-order valence-corrected chi connectivity index (χ2v) is 1.69. The van der Waals surface area contributed by atoms with Crippen molar-refractivity contribution in [2.45, 2.75) is 13.3 Å². The van der Waals surface area contributed by atoms with Gasteiger partial charge >= 0.3 is 5.97 Å². The second kappa shape index (κ2) is 5.56. The molecule has 0 heterocycles. The van der Waals surface area contributed by atoms with E-state index in [1.807, 2.05) is 6.92 Å². The Morgan fingerprint density at radius 1 is 1.67 bits per heavy atom. The summed E-state index contributed by atoms with van der Waals surface area (Å²) in [7, 11) is 1.59. The van der Waals surface area contributed by atoms with E-state index in [1.54, 1.807) is 7.05 Å². The lowest BCUT2D eigenvalue weighted by Crippen LogP contribution is -2.16. The van der Waals surface area contributed by atoms with Gasteiger partial charge in [0.15, 0.2) is 0 Å². The third kappa shape index (κ3) is 5.30. The van der Waals surface area contributed by atoms with E-state index in [0.29, 0.717) is 6.61 Å². The third-order valence-corrected chi connectivity index (χ3v) is 0.754. The Kier molecular flexibility index (Phi) is 5.21. The van der Waals surface area contributed by atoms with Gasteiger partial charge in [-0.25, -0.2) is 5.32 Å². The first-order chi connectivity index (χ1) is 4.31. The fourth-order valence-electron chi connectivity index (χ4n) is 0.391. The van der Waals surface area contributed by atoms with Crippen LogP contribution in [0, 0.1) is 0 Å². The van der Waals surface area contributed by atoms with Crippen molar-refractivity contribution >= 4 is 5.97 Å². The van der Waals surface area contributed by atoms with Crippen LogP contribution < -0.4 is 5.32 Å². The third-order valence-electron chi connectivity index (χ3n) is 0.754. The van der Waals surface area contributed by atoms with Gasteiger partial charge in [-0.05, 0) is 6.42 Å². The number of ether oxygens (including phenoxy) is 1. The van der Waals surface area contributed by atoms with Crippen LogP contribution in [0.1, 0.15) is 13.3 Å². The Labute approximate surface area is 55.4 Å². The van der Waals surface area contributed by atoms with Gasteiger partial charge in [-0.3, -0.25) is 4.79 Å². The van der Waals surface area contributed by atoms with Gasteiger partial charge in [0, 0.05) is 7.05 Å². The van der Waals surface area contributed by atoms with Crippen molar-refractivity contribution in [1.29, 1.82) is 0 Å². The molecule has 0 aliphatic carbocycles. The summed E-state index contributed by atoms with van der Waals surface area (Å²) in [5, 5.41) is 3.61. The van der Waals surface area contributed by atoms with Crippen molar-refractivity contribution in [3.8, 4) is 0 Å². The molecule has 0 saturated heterocycles. The highest BCUT2D eigenvalue weighted by atomic mass is 16.5. The van der Waals surface area contributed by atoms with Crippen LogP contribution in [-0.4, -0.2) is 26.2 Å². The molecule has 0 aliphatic heterocycles. The first kappa shape index (κ1) is 8.43. The molecule has 0 aromatic heterocycles. The molecule has 0 amide bonds. The molecule has 0 unspecified atom stereocenters. The van der Waals surface area contributed by atoms with E-state index >= 15 is 0 Å². The Balaban J connectivity index is 3.06. The van der Waals surface area contributed by atoms with E-state index < -0.39 is 0 Å². The van der Waals surface area contributed by atoms with E-state index in [2.05, 4.69) is 5.32 Å². The summed E-state index contributed by atoms with van der Waals surface area (Å²) in [4.78, 5) is 10.5. The number of hydrogen-bond acceptors (Lipinski definition) is 2. The molecule has 0 bridgehead atoms. The van der Waals surface area contributed by atoms with Crippen molar-refractivity contribution in [1.82, 2.24) is 5.32 Å². The number of nitrogens with zero attached hydrogens (tertiary/aromatic N) is 1. The molecule has 0 N–H and O–H groups in total. The average molecular weight is 130 g/mol. The first-order valence-corrected chi connectivity index (χ1v) is 3.02. The average Bonchev–Trinajstić information content (AvgIpc) is 1.85. The van der Waals surface area contributed by atoms with Gasteiger partial charge in [0.25, 0.3) is 0 Å². The lowest BCUT2D eigenvalue weighted by molar-refractivity contribution is -0.142. The quantitative estimate of drug-likeness (QED) is 0.509. The van der Waals surface area contributed by atoms with E-state index in [-0.39, 0.29) is 12.5 Å². The number of hydrogen-bond donors (Lipinski definition) is 0. The number of likely N-dealkylation sites (N-methyl/N-ethyl adjacent to an activating group) is 1. The summed E-state index contributed by atoms with van der Waals surface area (Å²) in [6.07, 6.45) is 0.870. The zero-order valence-electron chi connectivity index (χ0n) is 5.89. The minimum absolute atomic E-state index is 0.181. The molecule has 3 nitrogen and oxygen atoms in total. The number of esters is 1. The van der Waals surface area contributed by atoms with Crippen LogP contribution in [0.5, 0.6) is 0 Å². The van der Waals surface area contributed by atoms with E-state index in [1.165, 1.54) is 0 Å². The van der Waals surface area contributed by atoms with Crippen LogP contribution in [0.2, 0.25) is 0 Å². The van der Waals surface area contributed by atoms with Crippen LogP contribution in [0.25, 0.3) is 0 Å². The summed E-state index contributed by atoms with van der Waals surface area (Å²) < 4.78 is 4.70. The largest absolute Gasteiger partial charge is 0.465 e. The van der Waals surface area contributed by atoms with Crippen molar-refractivity contribution in [3.63, 3.8) is 0 Å². The molecule has 1 radical (unpaired) electrons. The molecule has 0 saturated carbocycles. The molecule has 0 atom stereocenters. The Bertz CT molecular complexity index is 83.1. The lowest BCUT2D eigenvalue weighted by Gasteiger charge is -1.99. The number of carbonyl (C=O) groups is 1. The lowest BCUT2D eigenvalue weighted by atomic mass is 10.5. The molecule has 3 heteroatoms. The monoisotopic (exact) mass is 130 g/mol. The maximum absolute atomic E-state index is 10.5. The summed E-state index contributed by atoms with van der Waals surface area (Å²) in [5.41, 5.74) is 0. The van der Waals surface area contributed by atoms with Crippen LogP contribution in [0.4, 0.5) is 0 Å². The van der Waals surface area contributed by atoms with Crippen LogP contribution in [0.3, 0.4) is 0 Å². The van der Waals surface area contributed by atoms with Gasteiger partial charge in [0.1, 0.15) is 6.54 Å². The van der Waals surface area contributed by atoms with Gasteiger partial charge in [-0.15, -0.1) is 0 Å². The highest BCUT2D eigenvalue weighted by molar-refractivity contribution is 5.71. The van der Waals surface area contributed by atoms with E-state index in [4.69, 9.17) is 4.74 Å². The van der Waals surface area contributed by atoms with Gasteiger partial charge < -0.3 is 4.74 Å². The predicted molar refractivity (Wildman–Crippen MR) is 34.2 cm³/mol. The Morgan fingerprint density at radius 3 is 2.78 bits per heavy atom. The topological polar surface area (TPSA) is 40.4 Å². The van der Waals surface area contributed by atoms with Crippen molar-refractivity contribution in [2.24, 2.45) is 0 Å². The smallest absolute Gasteiger partial charge is 0.321 e. The number of carbonyl (C=O) groups excluding carboxylic acids is 1. The molecule has 0 aromatic carbocycles. The first-order valence-electron chi connectivity index (χ1n) is 3.02. The van der Waals surface area contributed by atoms with Gasteiger partial charge in [0.2, 0.25) is 0 Å². The molecule has 9 heavy (non-hydrogen) atoms. The van der Waals surface area contributed by atoms with E-state index in [9.17, 15) is 4.79 Å². The molecular formula is C6H12NO2. The summed E-state index contributed by atoms with van der Waals surface area (Å²) in [6, 6.07) is 0. The van der Waals surface area contributed by atoms with Crippen LogP contribution >= 0.6 is 0 Å². The predicted octanol–water partition coefficient (Wildman–Crippen LogP) is 0.174. The minimum atomic E-state index is -0.237. The molecule has 0 rings (SSSR count). The highest BCUT2D eigenvalue weighted by Crippen LogP contribution is 1.80. The fourth-order valence-corrected chi connectivity index (χ4v) is 0.391. The normalized spacial score (nSPS) is 9.11. The standard InChI is InChI=1S/C6H12NO2/c1-3-4-9-6(8)5-7-2/h3-5H2,1-2H3. The fraction of sp³-hybridized carbons (Fsp3) is 0.833. The van der Waals surface area contributed by atoms with Crippen molar-refractivity contribution in [2.75, 3.05) is 20.2 Å². The van der Waals surface area contributed by atoms with Crippen LogP contribution in [-0.2, 0) is 9.53 Å². The summed E-state index contributed by atoms with van der Waals surface area (Å²) in [5.74, 6) is -0.237. The Morgan fingerprint density at radius 2 is 2.33 bits per heavy atom. The van der Waals surface area contributed by atoms with E-state index in [0.717, 1.165) is 6.42 Å². The molecule has 0 spiro atoms.